The quantitative estimate of drug-likeness (QED) is 0.815. The fraction of sp³-hybridized carbons (Fsp3) is 0.789. The second-order valence-electron chi connectivity index (χ2n) is 8.45. The van der Waals surface area contributed by atoms with E-state index in [0.717, 1.165) is 51.6 Å². The van der Waals surface area contributed by atoms with Gasteiger partial charge < -0.3 is 14.5 Å². The van der Waals surface area contributed by atoms with Crippen LogP contribution in [-0.4, -0.2) is 71.4 Å². The molecule has 1 atom stereocenters. The number of aromatic nitrogens is 2. The highest BCUT2D eigenvalue weighted by atomic mass is 16.5. The van der Waals surface area contributed by atoms with Crippen LogP contribution in [-0.2, 0) is 11.8 Å². The Hall–Kier alpha value is -1.40. The molecule has 2 aliphatic heterocycles. The van der Waals surface area contributed by atoms with Crippen LogP contribution in [0.3, 0.4) is 0 Å². The van der Waals surface area contributed by atoms with E-state index in [0.29, 0.717) is 17.0 Å². The number of carbonyl (C=O) groups is 1. The molecule has 6 nitrogen and oxygen atoms in total. The van der Waals surface area contributed by atoms with Crippen LogP contribution >= 0.6 is 0 Å². The molecule has 0 aromatic carbocycles. The molecule has 1 spiro atoms. The highest BCUT2D eigenvalue weighted by Crippen LogP contribution is 2.43. The molecule has 6 heteroatoms. The van der Waals surface area contributed by atoms with Crippen LogP contribution in [0.5, 0.6) is 0 Å². The van der Waals surface area contributed by atoms with E-state index in [4.69, 9.17) is 4.74 Å². The van der Waals surface area contributed by atoms with Crippen LogP contribution in [0.15, 0.2) is 12.4 Å². The van der Waals surface area contributed by atoms with Crippen LogP contribution in [0.25, 0.3) is 0 Å². The third kappa shape index (κ3) is 3.75. The van der Waals surface area contributed by atoms with Gasteiger partial charge in [-0.15, -0.1) is 0 Å². The molecule has 1 aromatic heterocycles. The second-order valence-corrected chi connectivity index (χ2v) is 8.45. The Kier molecular flexibility index (Phi) is 4.58. The molecule has 1 amide bonds. The van der Waals surface area contributed by atoms with E-state index < -0.39 is 0 Å². The van der Waals surface area contributed by atoms with Gasteiger partial charge in [-0.1, -0.05) is 0 Å². The Morgan fingerprint density at radius 2 is 2.04 bits per heavy atom. The van der Waals surface area contributed by atoms with Gasteiger partial charge in [0.2, 0.25) is 0 Å². The number of rotatable bonds is 5. The maximum Gasteiger partial charge on any atom is 0.257 e. The van der Waals surface area contributed by atoms with Crippen LogP contribution < -0.4 is 0 Å². The van der Waals surface area contributed by atoms with E-state index in [1.807, 2.05) is 18.1 Å². The lowest BCUT2D eigenvalue weighted by atomic mass is 9.76. The Labute approximate surface area is 150 Å². The highest BCUT2D eigenvalue weighted by molar-refractivity contribution is 5.93. The lowest BCUT2D eigenvalue weighted by molar-refractivity contribution is 0.0588. The zero-order chi connectivity index (χ0) is 17.4. The SMILES string of the molecule is CN1CC2(CCN(C(=O)c3cnn(C)c3)CC2)C[C@@H]1COCC1CC1. The lowest BCUT2D eigenvalue weighted by Gasteiger charge is -2.39. The molecule has 3 heterocycles. The second kappa shape index (κ2) is 6.72. The first-order valence-corrected chi connectivity index (χ1v) is 9.61. The summed E-state index contributed by atoms with van der Waals surface area (Å²) in [7, 11) is 4.08. The van der Waals surface area contributed by atoms with Crippen molar-refractivity contribution < 1.29 is 9.53 Å². The van der Waals surface area contributed by atoms with Crippen LogP contribution in [0.1, 0.15) is 42.5 Å². The van der Waals surface area contributed by atoms with Crippen molar-refractivity contribution in [3.63, 3.8) is 0 Å². The van der Waals surface area contributed by atoms with Crippen molar-refractivity contribution >= 4 is 5.91 Å². The van der Waals surface area contributed by atoms with Gasteiger partial charge in [-0.05, 0) is 50.5 Å². The first-order valence-electron chi connectivity index (χ1n) is 9.61. The topological polar surface area (TPSA) is 50.6 Å². The fourth-order valence-corrected chi connectivity index (χ4v) is 4.48. The zero-order valence-electron chi connectivity index (χ0n) is 15.5. The number of likely N-dealkylation sites (tertiary alicyclic amines) is 2. The number of carbonyl (C=O) groups excluding carboxylic acids is 1. The summed E-state index contributed by atoms with van der Waals surface area (Å²) in [6.07, 6.45) is 9.59. The summed E-state index contributed by atoms with van der Waals surface area (Å²) < 4.78 is 7.64. The molecular weight excluding hydrogens is 316 g/mol. The maximum atomic E-state index is 12.6. The lowest BCUT2D eigenvalue weighted by Crippen LogP contribution is -2.44. The van der Waals surface area contributed by atoms with E-state index in [1.165, 1.54) is 19.3 Å². The van der Waals surface area contributed by atoms with Crippen molar-refractivity contribution in [3.05, 3.63) is 18.0 Å². The number of nitrogens with zero attached hydrogens (tertiary/aromatic N) is 4. The first-order chi connectivity index (χ1) is 12.0. The zero-order valence-corrected chi connectivity index (χ0v) is 15.5. The Morgan fingerprint density at radius 1 is 1.28 bits per heavy atom. The largest absolute Gasteiger partial charge is 0.380 e. The third-order valence-corrected chi connectivity index (χ3v) is 6.30. The minimum atomic E-state index is 0.124. The van der Waals surface area contributed by atoms with E-state index in [9.17, 15) is 4.79 Å². The normalized spacial score (nSPS) is 26.5. The van der Waals surface area contributed by atoms with Crippen molar-refractivity contribution in [1.29, 1.82) is 0 Å². The Balaban J connectivity index is 1.29. The molecule has 2 saturated heterocycles. The third-order valence-electron chi connectivity index (χ3n) is 6.30. The molecule has 138 valence electrons. The molecule has 0 N–H and O–H groups in total. The molecule has 3 aliphatic rings. The van der Waals surface area contributed by atoms with Crippen molar-refractivity contribution in [2.24, 2.45) is 18.4 Å². The van der Waals surface area contributed by atoms with E-state index in [1.54, 1.807) is 10.9 Å². The van der Waals surface area contributed by atoms with Gasteiger partial charge in [-0.3, -0.25) is 9.48 Å². The minimum Gasteiger partial charge on any atom is -0.380 e. The molecule has 3 fully saturated rings. The van der Waals surface area contributed by atoms with Crippen molar-refractivity contribution in [2.45, 2.75) is 38.1 Å². The number of piperidine rings is 1. The van der Waals surface area contributed by atoms with Gasteiger partial charge in [0.1, 0.15) is 0 Å². The number of hydrogen-bond acceptors (Lipinski definition) is 4. The molecule has 1 aromatic rings. The predicted molar refractivity (Wildman–Crippen MR) is 95.4 cm³/mol. The van der Waals surface area contributed by atoms with Gasteiger partial charge in [0.15, 0.2) is 0 Å². The summed E-state index contributed by atoms with van der Waals surface area (Å²) in [5.74, 6) is 0.959. The summed E-state index contributed by atoms with van der Waals surface area (Å²) >= 11 is 0. The predicted octanol–water partition coefficient (Wildman–Crippen LogP) is 1.77. The van der Waals surface area contributed by atoms with Gasteiger partial charge in [-0.2, -0.15) is 5.10 Å². The summed E-state index contributed by atoms with van der Waals surface area (Å²) in [5.41, 5.74) is 1.07. The summed E-state index contributed by atoms with van der Waals surface area (Å²) in [6, 6.07) is 0.541. The first kappa shape index (κ1) is 17.0. The van der Waals surface area contributed by atoms with E-state index >= 15 is 0 Å². The van der Waals surface area contributed by atoms with Gasteiger partial charge >= 0.3 is 0 Å². The van der Waals surface area contributed by atoms with Gasteiger partial charge in [0.25, 0.3) is 5.91 Å². The molecule has 0 bridgehead atoms. The van der Waals surface area contributed by atoms with E-state index in [-0.39, 0.29) is 5.91 Å². The number of ether oxygens (including phenoxy) is 1. The van der Waals surface area contributed by atoms with Gasteiger partial charge in [0, 0.05) is 45.5 Å². The van der Waals surface area contributed by atoms with Crippen molar-refractivity contribution in [1.82, 2.24) is 19.6 Å². The van der Waals surface area contributed by atoms with E-state index in [2.05, 4.69) is 17.0 Å². The number of aryl methyl sites for hydroxylation is 1. The number of amides is 1. The molecule has 1 aliphatic carbocycles. The van der Waals surface area contributed by atoms with Gasteiger partial charge in [-0.25, -0.2) is 0 Å². The molecule has 1 saturated carbocycles. The van der Waals surface area contributed by atoms with Crippen LogP contribution in [0.2, 0.25) is 0 Å². The Morgan fingerprint density at radius 3 is 2.68 bits per heavy atom. The summed E-state index contributed by atoms with van der Waals surface area (Å²) in [6.45, 7) is 4.67. The smallest absolute Gasteiger partial charge is 0.257 e. The summed E-state index contributed by atoms with van der Waals surface area (Å²) in [5, 5.41) is 4.12. The number of likely N-dealkylation sites (N-methyl/N-ethyl adjacent to an activating group) is 1. The molecule has 0 radical (unpaired) electrons. The highest BCUT2D eigenvalue weighted by Gasteiger charge is 2.44. The number of hydrogen-bond donors (Lipinski definition) is 0. The van der Waals surface area contributed by atoms with Crippen molar-refractivity contribution in [2.75, 3.05) is 39.9 Å². The average molecular weight is 346 g/mol. The van der Waals surface area contributed by atoms with Crippen molar-refractivity contribution in [3.8, 4) is 0 Å². The average Bonchev–Trinajstić information content (AvgIpc) is 3.24. The monoisotopic (exact) mass is 346 g/mol. The fourth-order valence-electron chi connectivity index (χ4n) is 4.48. The molecule has 0 unspecified atom stereocenters. The van der Waals surface area contributed by atoms with Gasteiger partial charge in [0.05, 0.1) is 18.4 Å². The summed E-state index contributed by atoms with van der Waals surface area (Å²) in [4.78, 5) is 17.1. The Bertz CT molecular complexity index is 617. The van der Waals surface area contributed by atoms with Crippen LogP contribution in [0.4, 0.5) is 0 Å². The molecule has 4 rings (SSSR count). The van der Waals surface area contributed by atoms with Crippen LogP contribution in [0, 0.1) is 11.3 Å². The minimum absolute atomic E-state index is 0.124. The maximum absolute atomic E-state index is 12.6. The molecular formula is C19H30N4O2. The standard InChI is InChI=1S/C19H30N4O2/c1-21-14-19(9-17(21)13-25-12-15-3-4-15)5-7-23(8-6-19)18(24)16-10-20-22(2)11-16/h10-11,15,17H,3-9,12-14H2,1-2H3/t17-/m1/s1. The molecule has 25 heavy (non-hydrogen) atoms.